The monoisotopic (exact) mass is 283 g/mol. The Labute approximate surface area is 120 Å². The van der Waals surface area contributed by atoms with Gasteiger partial charge in [-0.1, -0.05) is 0 Å². The lowest BCUT2D eigenvalue weighted by Crippen LogP contribution is -1.94. The highest BCUT2D eigenvalue weighted by atomic mass is 16.5. The Kier molecular flexibility index (Phi) is 3.31. The summed E-state index contributed by atoms with van der Waals surface area (Å²) in [7, 11) is 0. The molecule has 0 radical (unpaired) electrons. The minimum atomic E-state index is -0.990. The van der Waals surface area contributed by atoms with Crippen LogP contribution in [0, 0.1) is 0 Å². The molecule has 0 aliphatic heterocycles. The van der Waals surface area contributed by atoms with E-state index in [2.05, 4.69) is 4.98 Å². The molecule has 1 heterocycles. The first-order valence-electron chi connectivity index (χ1n) is 6.54. The number of rotatable bonds is 4. The van der Waals surface area contributed by atoms with E-state index in [1.54, 1.807) is 6.07 Å². The van der Waals surface area contributed by atoms with Crippen LogP contribution in [-0.4, -0.2) is 22.7 Å². The number of hydrogen-bond acceptors (Lipinski definition) is 4. The smallest absolute Gasteiger partial charge is 0.335 e. The quantitative estimate of drug-likeness (QED) is 0.792. The Hall–Kier alpha value is -2.82. The van der Waals surface area contributed by atoms with Crippen LogP contribution >= 0.6 is 0 Å². The van der Waals surface area contributed by atoms with Gasteiger partial charge in [-0.15, -0.1) is 0 Å². The van der Waals surface area contributed by atoms with Crippen molar-refractivity contribution in [1.29, 1.82) is 0 Å². The van der Waals surface area contributed by atoms with Gasteiger partial charge in [0.25, 0.3) is 0 Å². The highest BCUT2D eigenvalue weighted by Crippen LogP contribution is 2.26. The average molecular weight is 283 g/mol. The predicted octanol–water partition coefficient (Wildman–Crippen LogP) is 3.59. The van der Waals surface area contributed by atoms with E-state index in [0.717, 1.165) is 11.3 Å². The zero-order valence-electron chi connectivity index (χ0n) is 11.4. The van der Waals surface area contributed by atoms with E-state index < -0.39 is 5.97 Å². The SMILES string of the molecule is CCOc1ccc(-c2nc3ccc(C(=O)O)cc3o2)cc1. The number of oxazole rings is 1. The van der Waals surface area contributed by atoms with E-state index >= 15 is 0 Å². The van der Waals surface area contributed by atoms with Gasteiger partial charge in [0.2, 0.25) is 5.89 Å². The van der Waals surface area contributed by atoms with Crippen molar-refractivity contribution >= 4 is 17.1 Å². The molecule has 0 saturated carbocycles. The molecule has 0 fully saturated rings. The Morgan fingerprint density at radius 2 is 2.00 bits per heavy atom. The third-order valence-electron chi connectivity index (χ3n) is 3.05. The van der Waals surface area contributed by atoms with Crippen molar-refractivity contribution < 1.29 is 19.1 Å². The van der Waals surface area contributed by atoms with Gasteiger partial charge in [0.15, 0.2) is 5.58 Å². The van der Waals surface area contributed by atoms with Crippen molar-refractivity contribution in [2.45, 2.75) is 6.92 Å². The van der Waals surface area contributed by atoms with Crippen LogP contribution in [0.4, 0.5) is 0 Å². The number of benzene rings is 2. The van der Waals surface area contributed by atoms with Crippen LogP contribution in [0.15, 0.2) is 46.9 Å². The van der Waals surface area contributed by atoms with Crippen LogP contribution < -0.4 is 4.74 Å². The van der Waals surface area contributed by atoms with Crippen LogP contribution in [0.3, 0.4) is 0 Å². The predicted molar refractivity (Wildman–Crippen MR) is 77.6 cm³/mol. The second-order valence-electron chi connectivity index (χ2n) is 4.46. The summed E-state index contributed by atoms with van der Waals surface area (Å²) in [5, 5.41) is 8.97. The van der Waals surface area contributed by atoms with Crippen LogP contribution in [-0.2, 0) is 0 Å². The van der Waals surface area contributed by atoms with Gasteiger partial charge in [-0.3, -0.25) is 0 Å². The third kappa shape index (κ3) is 2.58. The summed E-state index contributed by atoms with van der Waals surface area (Å²) in [6.45, 7) is 2.54. The second-order valence-corrected chi connectivity index (χ2v) is 4.46. The molecule has 0 aliphatic carbocycles. The maximum Gasteiger partial charge on any atom is 0.335 e. The molecule has 0 unspecified atom stereocenters. The molecule has 5 heteroatoms. The maximum atomic E-state index is 10.9. The molecule has 1 N–H and O–H groups in total. The highest BCUT2D eigenvalue weighted by Gasteiger charge is 2.11. The summed E-state index contributed by atoms with van der Waals surface area (Å²) in [6, 6.07) is 12.0. The van der Waals surface area contributed by atoms with Gasteiger partial charge < -0.3 is 14.3 Å². The fourth-order valence-electron chi connectivity index (χ4n) is 2.04. The Morgan fingerprint density at radius 3 is 2.67 bits per heavy atom. The summed E-state index contributed by atoms with van der Waals surface area (Å²) in [5.74, 6) is 0.247. The van der Waals surface area contributed by atoms with Crippen molar-refractivity contribution in [2.24, 2.45) is 0 Å². The van der Waals surface area contributed by atoms with Crippen LogP contribution in [0.5, 0.6) is 5.75 Å². The van der Waals surface area contributed by atoms with Gasteiger partial charge in [0.1, 0.15) is 11.3 Å². The number of nitrogens with zero attached hydrogens (tertiary/aromatic N) is 1. The van der Waals surface area contributed by atoms with E-state index in [1.807, 2.05) is 31.2 Å². The van der Waals surface area contributed by atoms with E-state index in [-0.39, 0.29) is 5.56 Å². The fraction of sp³-hybridized carbons (Fsp3) is 0.125. The fourth-order valence-corrected chi connectivity index (χ4v) is 2.04. The summed E-state index contributed by atoms with van der Waals surface area (Å²) in [6.07, 6.45) is 0. The lowest BCUT2D eigenvalue weighted by atomic mass is 10.2. The first kappa shape index (κ1) is 13.2. The molecule has 0 amide bonds. The van der Waals surface area contributed by atoms with Crippen molar-refractivity contribution in [3.8, 4) is 17.2 Å². The molecule has 0 bridgehead atoms. The van der Waals surface area contributed by atoms with Gasteiger partial charge in [0, 0.05) is 5.56 Å². The number of carboxylic acid groups (broad SMARTS) is 1. The molecule has 0 atom stereocenters. The standard InChI is InChI=1S/C16H13NO4/c1-2-20-12-6-3-10(4-7-12)15-17-13-8-5-11(16(18)19)9-14(13)21-15/h3-9H,2H2,1H3,(H,18,19). The number of fused-ring (bicyclic) bond motifs is 1. The highest BCUT2D eigenvalue weighted by molar-refractivity contribution is 5.92. The molecule has 1 aromatic heterocycles. The van der Waals surface area contributed by atoms with Crippen LogP contribution in [0.25, 0.3) is 22.6 Å². The Morgan fingerprint density at radius 1 is 1.24 bits per heavy atom. The largest absolute Gasteiger partial charge is 0.494 e. The molecule has 5 nitrogen and oxygen atoms in total. The van der Waals surface area contributed by atoms with Gasteiger partial charge in [-0.05, 0) is 49.4 Å². The van der Waals surface area contributed by atoms with E-state index in [4.69, 9.17) is 14.3 Å². The number of ether oxygens (including phenoxy) is 1. The van der Waals surface area contributed by atoms with E-state index in [1.165, 1.54) is 12.1 Å². The first-order valence-corrected chi connectivity index (χ1v) is 6.54. The minimum Gasteiger partial charge on any atom is -0.494 e. The van der Waals surface area contributed by atoms with Crippen molar-refractivity contribution in [3.05, 3.63) is 48.0 Å². The lowest BCUT2D eigenvalue weighted by molar-refractivity contribution is 0.0697. The molecule has 0 aliphatic rings. The summed E-state index contributed by atoms with van der Waals surface area (Å²) < 4.78 is 11.0. The van der Waals surface area contributed by atoms with Gasteiger partial charge in [0.05, 0.1) is 12.2 Å². The first-order chi connectivity index (χ1) is 10.2. The van der Waals surface area contributed by atoms with Gasteiger partial charge in [-0.25, -0.2) is 9.78 Å². The summed E-state index contributed by atoms with van der Waals surface area (Å²) in [4.78, 5) is 15.3. The maximum absolute atomic E-state index is 10.9. The zero-order chi connectivity index (χ0) is 14.8. The number of aromatic nitrogens is 1. The Bertz CT molecular complexity index is 790. The molecule has 3 aromatic rings. The molecular formula is C16H13NO4. The number of carboxylic acids is 1. The Balaban J connectivity index is 1.98. The van der Waals surface area contributed by atoms with Gasteiger partial charge in [-0.2, -0.15) is 0 Å². The summed E-state index contributed by atoms with van der Waals surface area (Å²) in [5.41, 5.74) is 2.08. The van der Waals surface area contributed by atoms with Crippen molar-refractivity contribution in [3.63, 3.8) is 0 Å². The van der Waals surface area contributed by atoms with Crippen molar-refractivity contribution in [2.75, 3.05) is 6.61 Å². The minimum absolute atomic E-state index is 0.178. The summed E-state index contributed by atoms with van der Waals surface area (Å²) >= 11 is 0. The molecule has 0 saturated heterocycles. The third-order valence-corrected chi connectivity index (χ3v) is 3.05. The van der Waals surface area contributed by atoms with Crippen molar-refractivity contribution in [1.82, 2.24) is 4.98 Å². The second kappa shape index (κ2) is 5.28. The molecule has 21 heavy (non-hydrogen) atoms. The normalized spacial score (nSPS) is 10.7. The average Bonchev–Trinajstić information content (AvgIpc) is 2.91. The van der Waals surface area contributed by atoms with Crippen LogP contribution in [0.1, 0.15) is 17.3 Å². The number of aromatic carboxylic acids is 1. The molecule has 0 spiro atoms. The number of hydrogen-bond donors (Lipinski definition) is 1. The zero-order valence-corrected chi connectivity index (χ0v) is 11.4. The van der Waals surface area contributed by atoms with Crippen LogP contribution in [0.2, 0.25) is 0 Å². The van der Waals surface area contributed by atoms with E-state index in [0.29, 0.717) is 23.6 Å². The molecule has 2 aromatic carbocycles. The number of carbonyl (C=O) groups is 1. The van der Waals surface area contributed by atoms with E-state index in [9.17, 15) is 4.79 Å². The molecule has 106 valence electrons. The topological polar surface area (TPSA) is 72.6 Å². The molecular weight excluding hydrogens is 270 g/mol. The lowest BCUT2D eigenvalue weighted by Gasteiger charge is -2.02. The molecule has 3 rings (SSSR count). The van der Waals surface area contributed by atoms with Gasteiger partial charge >= 0.3 is 5.97 Å².